The van der Waals surface area contributed by atoms with E-state index in [0.29, 0.717) is 30.5 Å². The zero-order valence-electron chi connectivity index (χ0n) is 20.4. The number of benzene rings is 2. The lowest BCUT2D eigenvalue weighted by molar-refractivity contribution is -0.150. The van der Waals surface area contributed by atoms with Crippen LogP contribution in [0, 0.1) is 5.41 Å². The van der Waals surface area contributed by atoms with Crippen LogP contribution in [0.15, 0.2) is 53.6 Å². The van der Waals surface area contributed by atoms with Gasteiger partial charge in [-0.3, -0.25) is 9.69 Å². The number of carboxylic acids is 1. The monoisotopic (exact) mass is 471 g/mol. The molecule has 0 atom stereocenters. The van der Waals surface area contributed by atoms with Crippen molar-refractivity contribution in [2.45, 2.75) is 57.9 Å². The number of carboxylic acid groups (broad SMARTS) is 1. The van der Waals surface area contributed by atoms with Crippen molar-refractivity contribution in [3.8, 4) is 22.8 Å². The zero-order valence-corrected chi connectivity index (χ0v) is 20.4. The molecule has 2 fully saturated rings. The van der Waals surface area contributed by atoms with Crippen molar-refractivity contribution < 1.29 is 14.4 Å². The molecule has 5 rings (SSSR count). The van der Waals surface area contributed by atoms with Crippen LogP contribution in [-0.2, 0) is 11.3 Å². The summed E-state index contributed by atoms with van der Waals surface area (Å²) in [6, 6.07) is 14.6. The van der Waals surface area contributed by atoms with Crippen LogP contribution in [0.5, 0.6) is 0 Å². The lowest BCUT2D eigenvalue weighted by Crippen LogP contribution is -2.42. The van der Waals surface area contributed by atoms with Gasteiger partial charge >= 0.3 is 5.97 Å². The minimum atomic E-state index is -0.688. The fraction of sp³-hybridized carbons (Fsp3) is 0.414. The second-order valence-corrected chi connectivity index (χ2v) is 10.3. The van der Waals surface area contributed by atoms with Crippen molar-refractivity contribution in [2.75, 3.05) is 13.1 Å². The van der Waals surface area contributed by atoms with Crippen LogP contribution in [-0.4, -0.2) is 39.2 Å². The van der Waals surface area contributed by atoms with Crippen molar-refractivity contribution in [1.29, 1.82) is 0 Å². The van der Waals surface area contributed by atoms with Gasteiger partial charge in [-0.1, -0.05) is 61.0 Å². The van der Waals surface area contributed by atoms with E-state index in [1.54, 1.807) is 0 Å². The Kier molecular flexibility index (Phi) is 6.56. The van der Waals surface area contributed by atoms with Gasteiger partial charge in [-0.25, -0.2) is 0 Å². The minimum absolute atomic E-state index is 0.514. The molecule has 1 aromatic heterocycles. The second-order valence-electron chi connectivity index (χ2n) is 10.3. The van der Waals surface area contributed by atoms with Crippen LogP contribution >= 0.6 is 0 Å². The Morgan fingerprint density at radius 3 is 2.49 bits per heavy atom. The van der Waals surface area contributed by atoms with Gasteiger partial charge in [0.25, 0.3) is 5.89 Å². The maximum absolute atomic E-state index is 11.5. The largest absolute Gasteiger partial charge is 0.481 e. The number of aliphatic carboxylic acids is 1. The topological polar surface area (TPSA) is 79.5 Å². The molecule has 2 heterocycles. The number of carbonyl (C=O) groups is 1. The molecule has 1 saturated heterocycles. The first-order chi connectivity index (χ1) is 16.9. The van der Waals surface area contributed by atoms with E-state index in [4.69, 9.17) is 4.52 Å². The van der Waals surface area contributed by atoms with E-state index in [2.05, 4.69) is 52.0 Å². The molecule has 2 aromatic carbocycles. The Labute approximate surface area is 206 Å². The average Bonchev–Trinajstić information content (AvgIpc) is 3.58. The van der Waals surface area contributed by atoms with E-state index in [1.165, 1.54) is 36.8 Å². The Bertz CT molecular complexity index is 1200. The molecule has 1 aliphatic carbocycles. The Morgan fingerprint density at radius 1 is 1.14 bits per heavy atom. The number of hydrogen-bond donors (Lipinski definition) is 1. The third kappa shape index (κ3) is 4.94. The zero-order chi connectivity index (χ0) is 24.4. The van der Waals surface area contributed by atoms with Gasteiger partial charge in [0.05, 0.1) is 5.41 Å². The molecular formula is C29H33N3O3. The molecule has 2 aliphatic rings. The van der Waals surface area contributed by atoms with Crippen LogP contribution in [0.2, 0.25) is 0 Å². The molecule has 6 heteroatoms. The molecule has 1 N–H and O–H groups in total. The fourth-order valence-corrected chi connectivity index (χ4v) is 5.39. The molecule has 6 nitrogen and oxygen atoms in total. The normalized spacial score (nSPS) is 18.5. The lowest BCUT2D eigenvalue weighted by Gasteiger charge is -2.36. The summed E-state index contributed by atoms with van der Waals surface area (Å²) in [6.07, 6.45) is 8.40. The maximum Gasteiger partial charge on any atom is 0.309 e. The first-order valence-corrected chi connectivity index (χ1v) is 12.6. The van der Waals surface area contributed by atoms with Crippen LogP contribution in [0.25, 0.3) is 28.9 Å². The molecule has 0 bridgehead atoms. The third-order valence-electron chi connectivity index (χ3n) is 7.87. The van der Waals surface area contributed by atoms with Crippen molar-refractivity contribution >= 4 is 12.0 Å². The second kappa shape index (κ2) is 9.78. The van der Waals surface area contributed by atoms with Gasteiger partial charge in [0.15, 0.2) is 0 Å². The maximum atomic E-state index is 11.5. The first-order valence-electron chi connectivity index (χ1n) is 12.6. The van der Waals surface area contributed by atoms with Gasteiger partial charge in [-0.05, 0) is 80.4 Å². The predicted octanol–water partition coefficient (Wildman–Crippen LogP) is 6.39. The molecular weight excluding hydrogens is 438 g/mol. The lowest BCUT2D eigenvalue weighted by atomic mass is 9.80. The fourth-order valence-electron chi connectivity index (χ4n) is 5.39. The summed E-state index contributed by atoms with van der Waals surface area (Å²) in [6.45, 7) is 8.27. The molecule has 35 heavy (non-hydrogen) atoms. The summed E-state index contributed by atoms with van der Waals surface area (Å²) < 4.78 is 5.61. The average molecular weight is 472 g/mol. The van der Waals surface area contributed by atoms with E-state index >= 15 is 0 Å². The Balaban J connectivity index is 1.25. The molecule has 3 aromatic rings. The molecule has 182 valence electrons. The van der Waals surface area contributed by atoms with Crippen LogP contribution < -0.4 is 0 Å². The van der Waals surface area contributed by atoms with E-state index < -0.39 is 11.4 Å². The highest BCUT2D eigenvalue weighted by molar-refractivity contribution is 5.74. The predicted molar refractivity (Wildman–Crippen MR) is 137 cm³/mol. The summed E-state index contributed by atoms with van der Waals surface area (Å²) in [5.41, 5.74) is 4.94. The van der Waals surface area contributed by atoms with Crippen molar-refractivity contribution in [2.24, 2.45) is 5.41 Å². The third-order valence-corrected chi connectivity index (χ3v) is 7.87. The number of nitrogens with zero attached hydrogens (tertiary/aromatic N) is 3. The van der Waals surface area contributed by atoms with E-state index in [9.17, 15) is 9.90 Å². The van der Waals surface area contributed by atoms with Gasteiger partial charge in [0.2, 0.25) is 5.82 Å². The minimum Gasteiger partial charge on any atom is -0.481 e. The SMILES string of the molecule is C=Cc1cc(-c2nc(-c3ccc(CN4CCC(C)(C(=O)O)CC4)cc3)no2)ccc1C1CCCC1. The van der Waals surface area contributed by atoms with Crippen LogP contribution in [0.3, 0.4) is 0 Å². The molecule has 0 unspecified atom stereocenters. The van der Waals surface area contributed by atoms with E-state index in [1.807, 2.05) is 25.1 Å². The molecule has 1 aliphatic heterocycles. The summed E-state index contributed by atoms with van der Waals surface area (Å²) in [7, 11) is 0. The van der Waals surface area contributed by atoms with Crippen LogP contribution in [0.4, 0.5) is 0 Å². The highest BCUT2D eigenvalue weighted by atomic mass is 16.5. The molecule has 1 saturated carbocycles. The highest BCUT2D eigenvalue weighted by Crippen LogP contribution is 2.37. The Hall–Kier alpha value is -3.25. The van der Waals surface area contributed by atoms with Crippen LogP contribution in [0.1, 0.15) is 68.1 Å². The number of hydrogen-bond acceptors (Lipinski definition) is 5. The standard InChI is InChI=1S/C29H33N3O3/c1-3-21-18-24(12-13-25(21)22-6-4-5-7-22)27-30-26(31-35-27)23-10-8-20(9-11-23)19-32-16-14-29(2,15-17-32)28(33)34/h3,8-13,18,22H,1,4-7,14-17,19H2,2H3,(H,33,34). The molecule has 0 amide bonds. The van der Waals surface area contributed by atoms with E-state index in [0.717, 1.165) is 36.3 Å². The summed E-state index contributed by atoms with van der Waals surface area (Å²) in [5.74, 6) is 1.02. The molecule has 0 spiro atoms. The van der Waals surface area contributed by atoms with Gasteiger partial charge in [-0.2, -0.15) is 4.98 Å². The summed E-state index contributed by atoms with van der Waals surface area (Å²) in [4.78, 5) is 18.4. The van der Waals surface area contributed by atoms with E-state index in [-0.39, 0.29) is 0 Å². The summed E-state index contributed by atoms with van der Waals surface area (Å²) in [5, 5.41) is 13.6. The van der Waals surface area contributed by atoms with Gasteiger partial charge < -0.3 is 9.63 Å². The van der Waals surface area contributed by atoms with Gasteiger partial charge in [0, 0.05) is 17.7 Å². The smallest absolute Gasteiger partial charge is 0.309 e. The van der Waals surface area contributed by atoms with Gasteiger partial charge in [-0.15, -0.1) is 0 Å². The highest BCUT2D eigenvalue weighted by Gasteiger charge is 2.36. The quantitative estimate of drug-likeness (QED) is 0.430. The number of rotatable bonds is 7. The summed E-state index contributed by atoms with van der Waals surface area (Å²) >= 11 is 0. The first kappa shape index (κ1) is 23.5. The Morgan fingerprint density at radius 2 is 1.83 bits per heavy atom. The van der Waals surface area contributed by atoms with Crippen molar-refractivity contribution in [3.05, 3.63) is 65.7 Å². The number of aromatic nitrogens is 2. The number of likely N-dealkylation sites (tertiary alicyclic amines) is 1. The van der Waals surface area contributed by atoms with Crippen molar-refractivity contribution in [3.63, 3.8) is 0 Å². The van der Waals surface area contributed by atoms with Crippen molar-refractivity contribution in [1.82, 2.24) is 15.0 Å². The number of piperidine rings is 1. The molecule has 0 radical (unpaired) electrons. The van der Waals surface area contributed by atoms with Gasteiger partial charge in [0.1, 0.15) is 0 Å².